The number of rotatable bonds is 7. The van der Waals surface area contributed by atoms with Crippen molar-refractivity contribution in [3.8, 4) is 0 Å². The van der Waals surface area contributed by atoms with Gasteiger partial charge in [0.2, 0.25) is 0 Å². The van der Waals surface area contributed by atoms with Crippen LogP contribution in [-0.2, 0) is 28.9 Å². The Labute approximate surface area is 173 Å². The molecule has 0 bridgehead atoms. The Morgan fingerprint density at radius 1 is 1.00 bits per heavy atom. The molecule has 2 aromatic rings. The molecule has 1 aliphatic heterocycles. The molecule has 0 saturated carbocycles. The van der Waals surface area contributed by atoms with Crippen molar-refractivity contribution in [2.45, 2.75) is 46.0 Å². The summed E-state index contributed by atoms with van der Waals surface area (Å²) in [4.78, 5) is 26.6. The van der Waals surface area contributed by atoms with Crippen LogP contribution in [-0.4, -0.2) is 31.4 Å². The average molecular weight is 394 g/mol. The van der Waals surface area contributed by atoms with E-state index in [0.29, 0.717) is 18.7 Å². The maximum Gasteiger partial charge on any atom is 0.313 e. The molecule has 0 spiro atoms. The monoisotopic (exact) mass is 393 g/mol. The minimum absolute atomic E-state index is 0.443. The number of carbonyl (C=O) groups excluding carboxylic acids is 2. The molecular formula is C24H31N3O2. The van der Waals surface area contributed by atoms with Crippen molar-refractivity contribution in [3.63, 3.8) is 0 Å². The van der Waals surface area contributed by atoms with E-state index in [0.717, 1.165) is 32.4 Å². The van der Waals surface area contributed by atoms with E-state index in [2.05, 4.69) is 47.6 Å². The number of amides is 2. The molecule has 0 aliphatic carbocycles. The molecule has 2 aromatic carbocycles. The minimum atomic E-state index is -0.630. The van der Waals surface area contributed by atoms with Crippen molar-refractivity contribution in [3.05, 3.63) is 59.2 Å². The molecule has 0 atom stereocenters. The van der Waals surface area contributed by atoms with E-state index in [1.165, 1.54) is 28.8 Å². The Bertz CT molecular complexity index is 846. The van der Waals surface area contributed by atoms with Crippen LogP contribution in [0.4, 0.5) is 11.4 Å². The Kier molecular flexibility index (Phi) is 7.28. The summed E-state index contributed by atoms with van der Waals surface area (Å²) in [6.07, 6.45) is 5.10. The topological polar surface area (TPSA) is 61.4 Å². The predicted octanol–water partition coefficient (Wildman–Crippen LogP) is 3.71. The van der Waals surface area contributed by atoms with E-state index in [4.69, 9.17) is 0 Å². The molecule has 0 aromatic heterocycles. The molecule has 5 nitrogen and oxygen atoms in total. The van der Waals surface area contributed by atoms with Gasteiger partial charge in [0.15, 0.2) is 0 Å². The molecular weight excluding hydrogens is 362 g/mol. The van der Waals surface area contributed by atoms with Crippen LogP contribution in [0, 0.1) is 0 Å². The van der Waals surface area contributed by atoms with Crippen LogP contribution in [0.25, 0.3) is 0 Å². The third kappa shape index (κ3) is 5.59. The highest BCUT2D eigenvalue weighted by molar-refractivity contribution is 6.39. The molecule has 5 heteroatoms. The van der Waals surface area contributed by atoms with Gasteiger partial charge < -0.3 is 15.5 Å². The number of hydrogen-bond acceptors (Lipinski definition) is 3. The van der Waals surface area contributed by atoms with Gasteiger partial charge in [-0.25, -0.2) is 0 Å². The predicted molar refractivity (Wildman–Crippen MR) is 118 cm³/mol. The fourth-order valence-corrected chi connectivity index (χ4v) is 3.80. The molecule has 1 aliphatic rings. The van der Waals surface area contributed by atoms with Crippen molar-refractivity contribution >= 4 is 23.2 Å². The highest BCUT2D eigenvalue weighted by Gasteiger charge is 2.17. The maximum atomic E-state index is 12.1. The standard InChI is InChI=1S/C24H31N3O2/c1-3-15-27-16-5-6-20-17-19(9-12-22(20)27)13-14-25-23(28)24(29)26-21-10-7-18(4-2)8-11-21/h7-12,17H,3-6,13-16H2,1-2H3,(H,25,28)(H,26,29). The molecule has 2 N–H and O–H groups in total. The first-order chi connectivity index (χ1) is 14.1. The Morgan fingerprint density at radius 3 is 2.48 bits per heavy atom. The van der Waals surface area contributed by atoms with Gasteiger partial charge in [0.1, 0.15) is 0 Å². The van der Waals surface area contributed by atoms with Crippen molar-refractivity contribution in [1.29, 1.82) is 0 Å². The van der Waals surface area contributed by atoms with Crippen LogP contribution in [0.3, 0.4) is 0 Å². The maximum absolute atomic E-state index is 12.1. The highest BCUT2D eigenvalue weighted by atomic mass is 16.2. The van der Waals surface area contributed by atoms with E-state index >= 15 is 0 Å². The number of nitrogens with zero attached hydrogens (tertiary/aromatic N) is 1. The SMILES string of the molecule is CCCN1CCCc2cc(CCNC(=O)C(=O)Nc3ccc(CC)cc3)ccc21. The second kappa shape index (κ2) is 10.1. The van der Waals surface area contributed by atoms with Crippen LogP contribution in [0.2, 0.25) is 0 Å². The van der Waals surface area contributed by atoms with Gasteiger partial charge in [-0.15, -0.1) is 0 Å². The number of benzene rings is 2. The van der Waals surface area contributed by atoms with Crippen molar-refractivity contribution in [2.75, 3.05) is 29.9 Å². The zero-order valence-electron chi connectivity index (χ0n) is 17.5. The van der Waals surface area contributed by atoms with Crippen molar-refractivity contribution in [2.24, 2.45) is 0 Å². The van der Waals surface area contributed by atoms with Gasteiger partial charge in [-0.1, -0.05) is 38.1 Å². The zero-order valence-corrected chi connectivity index (χ0v) is 17.5. The average Bonchev–Trinajstić information content (AvgIpc) is 2.74. The van der Waals surface area contributed by atoms with E-state index in [9.17, 15) is 9.59 Å². The second-order valence-electron chi connectivity index (χ2n) is 7.56. The van der Waals surface area contributed by atoms with Gasteiger partial charge in [-0.05, 0) is 67.0 Å². The van der Waals surface area contributed by atoms with Crippen LogP contribution in [0.5, 0.6) is 0 Å². The van der Waals surface area contributed by atoms with Gasteiger partial charge in [0.25, 0.3) is 0 Å². The summed E-state index contributed by atoms with van der Waals surface area (Å²) in [5, 5.41) is 5.36. The molecule has 0 fully saturated rings. The fraction of sp³-hybridized carbons (Fsp3) is 0.417. The zero-order chi connectivity index (χ0) is 20.6. The van der Waals surface area contributed by atoms with Crippen molar-refractivity contribution in [1.82, 2.24) is 5.32 Å². The molecule has 2 amide bonds. The Morgan fingerprint density at radius 2 is 1.76 bits per heavy atom. The summed E-state index contributed by atoms with van der Waals surface area (Å²) in [5.74, 6) is -1.23. The summed E-state index contributed by atoms with van der Waals surface area (Å²) < 4.78 is 0. The van der Waals surface area contributed by atoms with Gasteiger partial charge >= 0.3 is 11.8 Å². The minimum Gasteiger partial charge on any atom is -0.371 e. The lowest BCUT2D eigenvalue weighted by Crippen LogP contribution is -2.36. The summed E-state index contributed by atoms with van der Waals surface area (Å²) in [6, 6.07) is 14.1. The summed E-state index contributed by atoms with van der Waals surface area (Å²) in [5.41, 5.74) is 5.75. The summed E-state index contributed by atoms with van der Waals surface area (Å²) in [7, 11) is 0. The lowest BCUT2D eigenvalue weighted by Gasteiger charge is -2.31. The normalized spacial score (nSPS) is 13.0. The van der Waals surface area contributed by atoms with Gasteiger partial charge in [0, 0.05) is 31.0 Å². The third-order valence-corrected chi connectivity index (χ3v) is 5.38. The lowest BCUT2D eigenvalue weighted by atomic mass is 9.98. The molecule has 1 heterocycles. The van der Waals surface area contributed by atoms with Crippen LogP contribution in [0.1, 0.15) is 43.4 Å². The molecule has 29 heavy (non-hydrogen) atoms. The van der Waals surface area contributed by atoms with Gasteiger partial charge in [-0.2, -0.15) is 0 Å². The Hall–Kier alpha value is -2.82. The second-order valence-corrected chi connectivity index (χ2v) is 7.56. The molecule has 3 rings (SSSR count). The van der Waals surface area contributed by atoms with E-state index < -0.39 is 11.8 Å². The molecule has 0 radical (unpaired) electrons. The molecule has 0 unspecified atom stereocenters. The molecule has 154 valence electrons. The molecule has 0 saturated heterocycles. The van der Waals surface area contributed by atoms with E-state index in [1.54, 1.807) is 0 Å². The quantitative estimate of drug-likeness (QED) is 0.705. The van der Waals surface area contributed by atoms with E-state index in [-0.39, 0.29) is 0 Å². The smallest absolute Gasteiger partial charge is 0.313 e. The number of nitrogens with one attached hydrogen (secondary N) is 2. The number of carbonyl (C=O) groups is 2. The highest BCUT2D eigenvalue weighted by Crippen LogP contribution is 2.28. The van der Waals surface area contributed by atoms with Gasteiger partial charge in [-0.3, -0.25) is 9.59 Å². The lowest BCUT2D eigenvalue weighted by molar-refractivity contribution is -0.136. The summed E-state index contributed by atoms with van der Waals surface area (Å²) in [6.45, 7) is 6.95. The Balaban J connectivity index is 1.49. The number of hydrogen-bond donors (Lipinski definition) is 2. The number of fused-ring (bicyclic) bond motifs is 1. The van der Waals surface area contributed by atoms with Crippen LogP contribution < -0.4 is 15.5 Å². The van der Waals surface area contributed by atoms with Crippen LogP contribution in [0.15, 0.2) is 42.5 Å². The number of anilines is 2. The van der Waals surface area contributed by atoms with Crippen LogP contribution >= 0.6 is 0 Å². The van der Waals surface area contributed by atoms with E-state index in [1.807, 2.05) is 24.3 Å². The first kappa shape index (κ1) is 20.9. The first-order valence-corrected chi connectivity index (χ1v) is 10.7. The van der Waals surface area contributed by atoms with Crippen molar-refractivity contribution < 1.29 is 9.59 Å². The van der Waals surface area contributed by atoms with Gasteiger partial charge in [0.05, 0.1) is 0 Å². The first-order valence-electron chi connectivity index (χ1n) is 10.7. The number of aryl methyl sites for hydroxylation is 2. The third-order valence-electron chi connectivity index (χ3n) is 5.38. The largest absolute Gasteiger partial charge is 0.371 e. The fourth-order valence-electron chi connectivity index (χ4n) is 3.80. The summed E-state index contributed by atoms with van der Waals surface area (Å²) >= 11 is 0.